The van der Waals surface area contributed by atoms with Crippen LogP contribution >= 0.6 is 11.3 Å². The van der Waals surface area contributed by atoms with Gasteiger partial charge in [0.1, 0.15) is 4.88 Å². The van der Waals surface area contributed by atoms with Crippen LogP contribution in [0.5, 0.6) is 0 Å². The molecule has 1 rings (SSSR count). The van der Waals surface area contributed by atoms with Crippen molar-refractivity contribution in [2.75, 3.05) is 0 Å². The van der Waals surface area contributed by atoms with E-state index in [9.17, 15) is 13.2 Å². The maximum atomic E-state index is 12.2. The third-order valence-electron chi connectivity index (χ3n) is 1.95. The lowest BCUT2D eigenvalue weighted by atomic mass is 10.0. The molecule has 0 aliphatic rings. The number of alkyl halides is 3. The van der Waals surface area contributed by atoms with Gasteiger partial charge in [0.05, 0.1) is 0 Å². The van der Waals surface area contributed by atoms with Crippen LogP contribution in [-0.2, 0) is 6.18 Å². The van der Waals surface area contributed by atoms with E-state index in [-0.39, 0.29) is 12.0 Å². The molecule has 1 atom stereocenters. The summed E-state index contributed by atoms with van der Waals surface area (Å²) in [5.41, 5.74) is 5.74. The van der Waals surface area contributed by atoms with Crippen molar-refractivity contribution >= 4 is 11.3 Å². The van der Waals surface area contributed by atoms with E-state index in [1.807, 2.05) is 13.8 Å². The molecular formula is C9H12F3NS. The van der Waals surface area contributed by atoms with E-state index in [1.165, 1.54) is 6.07 Å². The van der Waals surface area contributed by atoms with Gasteiger partial charge in [-0.05, 0) is 18.1 Å². The van der Waals surface area contributed by atoms with E-state index < -0.39 is 11.1 Å². The largest absolute Gasteiger partial charge is 0.425 e. The Hall–Kier alpha value is -0.550. The molecule has 2 N–H and O–H groups in total. The van der Waals surface area contributed by atoms with Gasteiger partial charge in [0.25, 0.3) is 0 Å². The third-order valence-corrected chi connectivity index (χ3v) is 3.18. The van der Waals surface area contributed by atoms with Crippen molar-refractivity contribution in [2.45, 2.75) is 26.1 Å². The van der Waals surface area contributed by atoms with Crippen LogP contribution in [0.4, 0.5) is 13.2 Å². The van der Waals surface area contributed by atoms with Crippen LogP contribution in [0.2, 0.25) is 0 Å². The minimum Gasteiger partial charge on any atom is -0.323 e. The topological polar surface area (TPSA) is 26.0 Å². The van der Waals surface area contributed by atoms with Crippen molar-refractivity contribution in [1.82, 2.24) is 0 Å². The van der Waals surface area contributed by atoms with Crippen LogP contribution < -0.4 is 5.73 Å². The minimum absolute atomic E-state index is 0.148. The fourth-order valence-electron chi connectivity index (χ4n) is 1.01. The molecular weight excluding hydrogens is 211 g/mol. The number of thiophene rings is 1. The van der Waals surface area contributed by atoms with E-state index in [0.717, 1.165) is 17.4 Å². The Morgan fingerprint density at radius 2 is 1.86 bits per heavy atom. The molecule has 0 bridgehead atoms. The Morgan fingerprint density at radius 3 is 2.21 bits per heavy atom. The first-order chi connectivity index (χ1) is 6.32. The smallest absolute Gasteiger partial charge is 0.323 e. The lowest BCUT2D eigenvalue weighted by molar-refractivity contribution is -0.134. The zero-order valence-corrected chi connectivity index (χ0v) is 8.75. The molecule has 0 fully saturated rings. The van der Waals surface area contributed by atoms with Crippen LogP contribution in [0.3, 0.4) is 0 Å². The second-order valence-corrected chi connectivity index (χ2v) is 4.58. The van der Waals surface area contributed by atoms with Gasteiger partial charge in [-0.2, -0.15) is 13.2 Å². The molecule has 5 heteroatoms. The van der Waals surface area contributed by atoms with Gasteiger partial charge in [-0.15, -0.1) is 11.3 Å². The van der Waals surface area contributed by atoms with Crippen LogP contribution in [0.25, 0.3) is 0 Å². The van der Waals surface area contributed by atoms with E-state index in [0.29, 0.717) is 4.88 Å². The first kappa shape index (κ1) is 11.5. The highest BCUT2D eigenvalue weighted by Gasteiger charge is 2.33. The zero-order valence-electron chi connectivity index (χ0n) is 7.93. The van der Waals surface area contributed by atoms with Gasteiger partial charge in [-0.3, -0.25) is 0 Å². The third kappa shape index (κ3) is 2.48. The first-order valence-electron chi connectivity index (χ1n) is 4.25. The van der Waals surface area contributed by atoms with Crippen molar-refractivity contribution in [3.8, 4) is 0 Å². The quantitative estimate of drug-likeness (QED) is 0.816. The zero-order chi connectivity index (χ0) is 10.9. The summed E-state index contributed by atoms with van der Waals surface area (Å²) in [6, 6.07) is 2.23. The number of halogens is 3. The van der Waals surface area contributed by atoms with Crippen LogP contribution in [0.1, 0.15) is 29.6 Å². The van der Waals surface area contributed by atoms with Crippen molar-refractivity contribution in [3.63, 3.8) is 0 Å². The molecule has 1 nitrogen and oxygen atoms in total. The van der Waals surface area contributed by atoms with Crippen LogP contribution in [0, 0.1) is 5.92 Å². The molecule has 0 aliphatic carbocycles. The van der Waals surface area contributed by atoms with Gasteiger partial charge in [-0.25, -0.2) is 0 Å². The normalized spacial score (nSPS) is 14.8. The van der Waals surface area contributed by atoms with Crippen molar-refractivity contribution in [2.24, 2.45) is 11.7 Å². The Morgan fingerprint density at radius 1 is 1.29 bits per heavy atom. The van der Waals surface area contributed by atoms with E-state index >= 15 is 0 Å². The van der Waals surface area contributed by atoms with Gasteiger partial charge in [0.2, 0.25) is 0 Å². The van der Waals surface area contributed by atoms with E-state index in [4.69, 9.17) is 5.73 Å². The van der Waals surface area contributed by atoms with Crippen molar-refractivity contribution in [3.05, 3.63) is 21.9 Å². The summed E-state index contributed by atoms with van der Waals surface area (Å²) in [7, 11) is 0. The minimum atomic E-state index is -4.25. The fourth-order valence-corrected chi connectivity index (χ4v) is 2.06. The SMILES string of the molecule is CC(C)C(N)c1ccc(C(F)(F)F)s1. The first-order valence-corrected chi connectivity index (χ1v) is 5.06. The molecule has 1 aromatic rings. The molecule has 1 heterocycles. The lowest BCUT2D eigenvalue weighted by Crippen LogP contribution is -2.15. The van der Waals surface area contributed by atoms with Crippen molar-refractivity contribution < 1.29 is 13.2 Å². The van der Waals surface area contributed by atoms with Gasteiger partial charge in [-0.1, -0.05) is 13.8 Å². The van der Waals surface area contributed by atoms with Gasteiger partial charge < -0.3 is 5.73 Å². The molecule has 0 radical (unpaired) electrons. The summed E-state index contributed by atoms with van der Waals surface area (Å²) >= 11 is 0.726. The Bertz CT molecular complexity index is 303. The second kappa shape index (κ2) is 3.90. The Balaban J connectivity index is 2.89. The molecule has 1 aromatic heterocycles. The maximum absolute atomic E-state index is 12.2. The summed E-state index contributed by atoms with van der Waals surface area (Å²) in [5.74, 6) is 0.148. The molecule has 0 aliphatic heterocycles. The highest BCUT2D eigenvalue weighted by atomic mass is 32.1. The average Bonchev–Trinajstić information content (AvgIpc) is 2.49. The van der Waals surface area contributed by atoms with Gasteiger partial charge >= 0.3 is 6.18 Å². The average molecular weight is 223 g/mol. The standard InChI is InChI=1S/C9H12F3NS/c1-5(2)8(13)6-3-4-7(14-6)9(10,11)12/h3-5,8H,13H2,1-2H3. The number of nitrogens with two attached hydrogens (primary N) is 1. The maximum Gasteiger partial charge on any atom is 0.425 e. The molecule has 0 aromatic carbocycles. The van der Waals surface area contributed by atoms with Gasteiger partial charge in [0, 0.05) is 10.9 Å². The summed E-state index contributed by atoms with van der Waals surface area (Å²) in [4.78, 5) is 0.0101. The molecule has 0 saturated carbocycles. The fraction of sp³-hybridized carbons (Fsp3) is 0.556. The summed E-state index contributed by atoms with van der Waals surface area (Å²) in [5, 5.41) is 0. The van der Waals surface area contributed by atoms with E-state index in [1.54, 1.807) is 0 Å². The Labute approximate surface area is 84.7 Å². The molecule has 0 spiro atoms. The van der Waals surface area contributed by atoms with E-state index in [2.05, 4.69) is 0 Å². The molecule has 0 amide bonds. The summed E-state index contributed by atoms with van der Waals surface area (Å²) in [6.45, 7) is 3.77. The number of hydrogen-bond acceptors (Lipinski definition) is 2. The Kier molecular flexibility index (Phi) is 3.21. The predicted molar refractivity (Wildman–Crippen MR) is 51.1 cm³/mol. The molecule has 14 heavy (non-hydrogen) atoms. The van der Waals surface area contributed by atoms with Crippen LogP contribution in [0.15, 0.2) is 12.1 Å². The predicted octanol–water partition coefficient (Wildman–Crippen LogP) is 3.42. The van der Waals surface area contributed by atoms with Crippen LogP contribution in [-0.4, -0.2) is 0 Å². The summed E-state index contributed by atoms with van der Waals surface area (Å²) < 4.78 is 36.7. The number of rotatable bonds is 2. The van der Waals surface area contributed by atoms with Crippen molar-refractivity contribution in [1.29, 1.82) is 0 Å². The highest BCUT2D eigenvalue weighted by molar-refractivity contribution is 7.12. The molecule has 80 valence electrons. The summed E-state index contributed by atoms with van der Waals surface area (Å²) in [6.07, 6.45) is -4.25. The second-order valence-electron chi connectivity index (χ2n) is 3.47. The monoisotopic (exact) mass is 223 g/mol. The van der Waals surface area contributed by atoms with Gasteiger partial charge in [0.15, 0.2) is 0 Å². The number of hydrogen-bond donors (Lipinski definition) is 1. The highest BCUT2D eigenvalue weighted by Crippen LogP contribution is 2.37. The molecule has 0 saturated heterocycles. The lowest BCUT2D eigenvalue weighted by Gasteiger charge is -2.13. The molecule has 1 unspecified atom stereocenters.